The number of ether oxygens (including phenoxy) is 1. The Hall–Kier alpha value is -0.120. The van der Waals surface area contributed by atoms with Crippen LogP contribution in [0.2, 0.25) is 0 Å². The van der Waals surface area contributed by atoms with Crippen molar-refractivity contribution in [2.45, 2.75) is 52.2 Å². The van der Waals surface area contributed by atoms with E-state index >= 15 is 0 Å². The molecular weight excluding hydrogens is 212 g/mol. The fourth-order valence-electron chi connectivity index (χ4n) is 2.62. The monoisotopic (exact) mass is 242 g/mol. The Bertz CT molecular complexity index is 197. The van der Waals surface area contributed by atoms with Crippen molar-refractivity contribution in [1.82, 2.24) is 10.2 Å². The van der Waals surface area contributed by atoms with Gasteiger partial charge in [0.2, 0.25) is 0 Å². The van der Waals surface area contributed by atoms with Crippen LogP contribution in [-0.2, 0) is 4.74 Å². The molecule has 0 bridgehead atoms. The van der Waals surface area contributed by atoms with Crippen LogP contribution in [0.3, 0.4) is 0 Å². The quantitative estimate of drug-likeness (QED) is 0.692. The molecule has 1 aliphatic heterocycles. The van der Waals surface area contributed by atoms with E-state index in [9.17, 15) is 0 Å². The molecule has 0 aromatic heterocycles. The van der Waals surface area contributed by atoms with Crippen molar-refractivity contribution in [1.29, 1.82) is 0 Å². The molecule has 1 rings (SSSR count). The molecule has 1 N–H and O–H groups in total. The highest BCUT2D eigenvalue weighted by molar-refractivity contribution is 4.81. The Labute approximate surface area is 107 Å². The summed E-state index contributed by atoms with van der Waals surface area (Å²) in [5.41, 5.74) is 0. The van der Waals surface area contributed by atoms with Gasteiger partial charge in [-0.15, -0.1) is 0 Å². The number of piperidine rings is 1. The molecule has 0 amide bonds. The van der Waals surface area contributed by atoms with Gasteiger partial charge in [-0.2, -0.15) is 0 Å². The molecule has 1 aliphatic rings. The molecule has 2 atom stereocenters. The summed E-state index contributed by atoms with van der Waals surface area (Å²) in [6, 6.07) is 0.718. The van der Waals surface area contributed by atoms with E-state index < -0.39 is 0 Å². The number of rotatable bonds is 7. The molecule has 3 nitrogen and oxygen atoms in total. The summed E-state index contributed by atoms with van der Waals surface area (Å²) < 4.78 is 5.56. The molecule has 3 heteroatoms. The van der Waals surface area contributed by atoms with E-state index in [1.165, 1.54) is 38.9 Å². The third-order valence-corrected chi connectivity index (χ3v) is 3.68. The summed E-state index contributed by atoms with van der Waals surface area (Å²) in [5.74, 6) is 0.778. The predicted octanol–water partition coefficient (Wildman–Crippen LogP) is 2.12. The van der Waals surface area contributed by atoms with Gasteiger partial charge in [0.1, 0.15) is 0 Å². The molecule has 0 spiro atoms. The van der Waals surface area contributed by atoms with Crippen LogP contribution in [0.5, 0.6) is 0 Å². The van der Waals surface area contributed by atoms with Crippen molar-refractivity contribution in [3.8, 4) is 0 Å². The lowest BCUT2D eigenvalue weighted by molar-refractivity contribution is 0.0721. The van der Waals surface area contributed by atoms with Gasteiger partial charge in [-0.25, -0.2) is 0 Å². The number of likely N-dealkylation sites (tertiary alicyclic amines) is 1. The molecule has 17 heavy (non-hydrogen) atoms. The van der Waals surface area contributed by atoms with Crippen molar-refractivity contribution in [3.63, 3.8) is 0 Å². The standard InChI is InChI=1S/C14H30N2O/c1-12(2)17-10-6-5-8-16-9-7-14(15-4)13(3)11-16/h12-15H,5-11H2,1-4H3. The van der Waals surface area contributed by atoms with Gasteiger partial charge in [0.15, 0.2) is 0 Å². The minimum atomic E-state index is 0.376. The lowest BCUT2D eigenvalue weighted by Gasteiger charge is -2.36. The highest BCUT2D eigenvalue weighted by Crippen LogP contribution is 2.16. The number of unbranched alkanes of at least 4 members (excludes halogenated alkanes) is 1. The van der Waals surface area contributed by atoms with Crippen molar-refractivity contribution >= 4 is 0 Å². The lowest BCUT2D eigenvalue weighted by Crippen LogP contribution is -2.47. The van der Waals surface area contributed by atoms with E-state index in [2.05, 4.69) is 38.0 Å². The lowest BCUT2D eigenvalue weighted by atomic mass is 9.94. The summed E-state index contributed by atoms with van der Waals surface area (Å²) in [7, 11) is 2.08. The van der Waals surface area contributed by atoms with Crippen molar-refractivity contribution < 1.29 is 4.74 Å². The summed E-state index contributed by atoms with van der Waals surface area (Å²) in [4.78, 5) is 2.61. The normalized spacial score (nSPS) is 26.6. The van der Waals surface area contributed by atoms with Crippen LogP contribution in [0.25, 0.3) is 0 Å². The fraction of sp³-hybridized carbons (Fsp3) is 1.00. The number of hydrogen-bond acceptors (Lipinski definition) is 3. The minimum absolute atomic E-state index is 0.376. The van der Waals surface area contributed by atoms with Crippen molar-refractivity contribution in [2.24, 2.45) is 5.92 Å². The first kappa shape index (κ1) is 14.9. The van der Waals surface area contributed by atoms with Gasteiger partial charge in [0, 0.05) is 19.2 Å². The minimum Gasteiger partial charge on any atom is -0.379 e. The third-order valence-electron chi connectivity index (χ3n) is 3.68. The zero-order valence-corrected chi connectivity index (χ0v) is 12.0. The molecule has 0 radical (unpaired) electrons. The largest absolute Gasteiger partial charge is 0.379 e. The zero-order valence-electron chi connectivity index (χ0n) is 12.0. The van der Waals surface area contributed by atoms with E-state index in [-0.39, 0.29) is 0 Å². The van der Waals surface area contributed by atoms with Gasteiger partial charge in [-0.05, 0) is 59.2 Å². The molecular formula is C14H30N2O. The Morgan fingerprint density at radius 3 is 2.71 bits per heavy atom. The van der Waals surface area contributed by atoms with E-state index in [4.69, 9.17) is 4.74 Å². The molecule has 0 aliphatic carbocycles. The van der Waals surface area contributed by atoms with Crippen molar-refractivity contribution in [3.05, 3.63) is 0 Å². The van der Waals surface area contributed by atoms with Gasteiger partial charge < -0.3 is 15.0 Å². The second kappa shape index (κ2) is 8.06. The van der Waals surface area contributed by atoms with Crippen LogP contribution in [0, 0.1) is 5.92 Å². The maximum Gasteiger partial charge on any atom is 0.0518 e. The van der Waals surface area contributed by atoms with Crippen LogP contribution in [-0.4, -0.2) is 50.3 Å². The Morgan fingerprint density at radius 1 is 1.35 bits per heavy atom. The number of nitrogens with zero attached hydrogens (tertiary/aromatic N) is 1. The summed E-state index contributed by atoms with van der Waals surface area (Å²) in [6.45, 7) is 11.2. The van der Waals surface area contributed by atoms with E-state index in [1.807, 2.05) is 0 Å². The first-order valence-corrected chi connectivity index (χ1v) is 7.14. The molecule has 0 aromatic carbocycles. The second-order valence-corrected chi connectivity index (χ2v) is 5.59. The molecule has 2 unspecified atom stereocenters. The Balaban J connectivity index is 2.05. The van der Waals surface area contributed by atoms with Crippen LogP contribution in [0.15, 0.2) is 0 Å². The van der Waals surface area contributed by atoms with Crippen LogP contribution in [0.1, 0.15) is 40.0 Å². The average molecular weight is 242 g/mol. The molecule has 102 valence electrons. The van der Waals surface area contributed by atoms with Crippen LogP contribution < -0.4 is 5.32 Å². The first-order valence-electron chi connectivity index (χ1n) is 7.14. The highest BCUT2D eigenvalue weighted by atomic mass is 16.5. The topological polar surface area (TPSA) is 24.5 Å². The van der Waals surface area contributed by atoms with E-state index in [1.54, 1.807) is 0 Å². The average Bonchev–Trinajstić information content (AvgIpc) is 2.28. The van der Waals surface area contributed by atoms with E-state index in [0.29, 0.717) is 6.10 Å². The molecule has 1 heterocycles. The summed E-state index contributed by atoms with van der Waals surface area (Å²) in [6.07, 6.45) is 4.13. The fourth-order valence-corrected chi connectivity index (χ4v) is 2.62. The van der Waals surface area contributed by atoms with Gasteiger partial charge >= 0.3 is 0 Å². The predicted molar refractivity (Wildman–Crippen MR) is 73.4 cm³/mol. The molecule has 1 saturated heterocycles. The van der Waals surface area contributed by atoms with E-state index in [0.717, 1.165) is 18.6 Å². The highest BCUT2D eigenvalue weighted by Gasteiger charge is 2.23. The Morgan fingerprint density at radius 2 is 2.12 bits per heavy atom. The van der Waals surface area contributed by atoms with Crippen LogP contribution in [0.4, 0.5) is 0 Å². The first-order chi connectivity index (χ1) is 8.13. The van der Waals surface area contributed by atoms with Gasteiger partial charge in [-0.3, -0.25) is 0 Å². The molecule has 1 fully saturated rings. The van der Waals surface area contributed by atoms with Gasteiger partial charge in [-0.1, -0.05) is 6.92 Å². The molecule has 0 aromatic rings. The maximum atomic E-state index is 5.56. The smallest absolute Gasteiger partial charge is 0.0518 e. The summed E-state index contributed by atoms with van der Waals surface area (Å²) >= 11 is 0. The maximum absolute atomic E-state index is 5.56. The number of nitrogens with one attached hydrogen (secondary N) is 1. The van der Waals surface area contributed by atoms with Crippen molar-refractivity contribution in [2.75, 3.05) is 33.3 Å². The molecule has 0 saturated carbocycles. The Kier molecular flexibility index (Phi) is 7.09. The van der Waals surface area contributed by atoms with Crippen LogP contribution >= 0.6 is 0 Å². The number of hydrogen-bond donors (Lipinski definition) is 1. The second-order valence-electron chi connectivity index (χ2n) is 5.59. The van der Waals surface area contributed by atoms with Gasteiger partial charge in [0.05, 0.1) is 6.10 Å². The third kappa shape index (κ3) is 5.84. The SMILES string of the molecule is CNC1CCN(CCCCOC(C)C)CC1C. The summed E-state index contributed by atoms with van der Waals surface area (Å²) in [5, 5.41) is 3.42. The van der Waals surface area contributed by atoms with Gasteiger partial charge in [0.25, 0.3) is 0 Å². The zero-order chi connectivity index (χ0) is 12.7.